The van der Waals surface area contributed by atoms with Crippen LogP contribution in [0.1, 0.15) is 49.3 Å². The average molecular weight is 399 g/mol. The number of likely N-dealkylation sites (tertiary alicyclic amines) is 1. The first-order valence-corrected chi connectivity index (χ1v) is 11.3. The van der Waals surface area contributed by atoms with Gasteiger partial charge in [-0.1, -0.05) is 24.3 Å². The minimum absolute atomic E-state index is 0.115. The van der Waals surface area contributed by atoms with E-state index in [2.05, 4.69) is 39.4 Å². The van der Waals surface area contributed by atoms with E-state index in [1.165, 1.54) is 17.5 Å². The van der Waals surface area contributed by atoms with Gasteiger partial charge in [-0.25, -0.2) is 0 Å². The zero-order valence-corrected chi connectivity index (χ0v) is 17.4. The fourth-order valence-corrected chi connectivity index (χ4v) is 4.89. The summed E-state index contributed by atoms with van der Waals surface area (Å²) in [6, 6.07) is 8.62. The van der Waals surface area contributed by atoms with Gasteiger partial charge in [-0.3, -0.25) is 19.4 Å². The minimum Gasteiger partial charge on any atom is -0.348 e. The summed E-state index contributed by atoms with van der Waals surface area (Å²) in [4.78, 5) is 31.6. The number of benzene rings is 1. The lowest BCUT2D eigenvalue weighted by Crippen LogP contribution is -2.52. The smallest absolute Gasteiger partial charge is 0.236 e. The number of carbonyl (C=O) groups excluding carboxylic acids is 2. The minimum atomic E-state index is 0.115. The number of piperazine rings is 1. The molecule has 0 bridgehead atoms. The van der Waals surface area contributed by atoms with Gasteiger partial charge in [0, 0.05) is 39.3 Å². The largest absolute Gasteiger partial charge is 0.348 e. The quantitative estimate of drug-likeness (QED) is 0.822. The van der Waals surface area contributed by atoms with Crippen LogP contribution in [0.5, 0.6) is 0 Å². The van der Waals surface area contributed by atoms with E-state index in [0.717, 1.165) is 71.4 Å². The molecule has 0 spiro atoms. The Bertz CT molecular complexity index is 709. The molecular formula is C23H34N4O2. The van der Waals surface area contributed by atoms with Crippen LogP contribution in [0.25, 0.3) is 0 Å². The molecule has 4 rings (SSSR count). The molecule has 1 N–H and O–H groups in total. The number of fused-ring (bicyclic) bond motifs is 1. The number of nitrogens with one attached hydrogen (secondary N) is 1. The third-order valence-corrected chi connectivity index (χ3v) is 6.60. The van der Waals surface area contributed by atoms with E-state index in [-0.39, 0.29) is 17.9 Å². The van der Waals surface area contributed by atoms with E-state index in [9.17, 15) is 9.59 Å². The van der Waals surface area contributed by atoms with Gasteiger partial charge in [0.15, 0.2) is 0 Å². The van der Waals surface area contributed by atoms with Gasteiger partial charge in [-0.05, 0) is 49.7 Å². The van der Waals surface area contributed by atoms with Crippen molar-refractivity contribution in [3.63, 3.8) is 0 Å². The van der Waals surface area contributed by atoms with Crippen molar-refractivity contribution in [1.29, 1.82) is 0 Å². The number of hydrogen-bond acceptors (Lipinski definition) is 4. The summed E-state index contributed by atoms with van der Waals surface area (Å²) in [5.74, 6) is 0.386. The second-order valence-electron chi connectivity index (χ2n) is 8.70. The van der Waals surface area contributed by atoms with Crippen LogP contribution in [0.2, 0.25) is 0 Å². The molecule has 0 radical (unpaired) electrons. The van der Waals surface area contributed by atoms with Crippen LogP contribution in [-0.4, -0.2) is 78.9 Å². The van der Waals surface area contributed by atoms with Crippen LogP contribution < -0.4 is 5.32 Å². The molecular weight excluding hydrogens is 364 g/mol. The van der Waals surface area contributed by atoms with E-state index in [1.54, 1.807) is 0 Å². The topological polar surface area (TPSA) is 55.9 Å². The summed E-state index contributed by atoms with van der Waals surface area (Å²) in [5, 5.41) is 3.25. The summed E-state index contributed by atoms with van der Waals surface area (Å²) >= 11 is 0. The van der Waals surface area contributed by atoms with Crippen molar-refractivity contribution >= 4 is 11.8 Å². The molecule has 3 aliphatic rings. The number of amides is 2. The van der Waals surface area contributed by atoms with Crippen LogP contribution in [-0.2, 0) is 16.0 Å². The van der Waals surface area contributed by atoms with Crippen LogP contribution in [0.3, 0.4) is 0 Å². The van der Waals surface area contributed by atoms with Crippen LogP contribution in [0.15, 0.2) is 24.3 Å². The SMILES string of the molecule is O=C(CN1CCN(CC(=O)N2CCCCC2)CC1)N[C@H]1CCCc2ccccc21. The Hall–Kier alpha value is -1.92. The second kappa shape index (κ2) is 9.72. The Balaban J connectivity index is 1.20. The van der Waals surface area contributed by atoms with E-state index < -0.39 is 0 Å². The van der Waals surface area contributed by atoms with Crippen molar-refractivity contribution in [2.75, 3.05) is 52.4 Å². The van der Waals surface area contributed by atoms with Crippen molar-refractivity contribution in [3.05, 3.63) is 35.4 Å². The molecule has 2 heterocycles. The first-order chi connectivity index (χ1) is 14.2. The molecule has 2 fully saturated rings. The normalized spacial score (nSPS) is 23.4. The fraction of sp³-hybridized carbons (Fsp3) is 0.652. The highest BCUT2D eigenvalue weighted by atomic mass is 16.2. The summed E-state index contributed by atoms with van der Waals surface area (Å²) in [6.07, 6.45) is 6.79. The van der Waals surface area contributed by atoms with E-state index >= 15 is 0 Å². The Morgan fingerprint density at radius 2 is 1.55 bits per heavy atom. The number of carbonyl (C=O) groups is 2. The standard InChI is InChI=1S/C23H34N4O2/c28-22(24-21-10-6-8-19-7-2-3-9-20(19)21)17-25-13-15-26(16-14-25)18-23(29)27-11-4-1-5-12-27/h2-3,7,9,21H,1,4-6,8,10-18H2,(H,24,28)/t21-/m0/s1. The third kappa shape index (κ3) is 5.37. The number of aryl methyl sites for hydroxylation is 1. The van der Waals surface area contributed by atoms with E-state index in [4.69, 9.17) is 0 Å². The van der Waals surface area contributed by atoms with Crippen LogP contribution in [0, 0.1) is 0 Å². The van der Waals surface area contributed by atoms with Crippen LogP contribution in [0.4, 0.5) is 0 Å². The van der Waals surface area contributed by atoms with E-state index in [0.29, 0.717) is 13.1 Å². The number of piperidine rings is 1. The maximum absolute atomic E-state index is 12.6. The molecule has 1 aromatic carbocycles. The summed E-state index contributed by atoms with van der Waals surface area (Å²) in [6.45, 7) is 6.24. The molecule has 2 aliphatic heterocycles. The first kappa shape index (κ1) is 20.4. The zero-order chi connectivity index (χ0) is 20.1. The molecule has 0 saturated carbocycles. The van der Waals surface area contributed by atoms with Crippen molar-refractivity contribution in [2.24, 2.45) is 0 Å². The van der Waals surface area contributed by atoms with Gasteiger partial charge in [0.05, 0.1) is 19.1 Å². The van der Waals surface area contributed by atoms with Gasteiger partial charge in [0.1, 0.15) is 0 Å². The molecule has 1 atom stereocenters. The molecule has 1 aromatic rings. The number of nitrogens with zero attached hydrogens (tertiary/aromatic N) is 3. The molecule has 158 valence electrons. The molecule has 2 amide bonds. The highest BCUT2D eigenvalue weighted by molar-refractivity contribution is 5.79. The third-order valence-electron chi connectivity index (χ3n) is 6.60. The molecule has 1 aliphatic carbocycles. The lowest BCUT2D eigenvalue weighted by Gasteiger charge is -2.36. The van der Waals surface area contributed by atoms with Crippen molar-refractivity contribution in [1.82, 2.24) is 20.0 Å². The van der Waals surface area contributed by atoms with Crippen molar-refractivity contribution < 1.29 is 9.59 Å². The molecule has 0 unspecified atom stereocenters. The van der Waals surface area contributed by atoms with Gasteiger partial charge >= 0.3 is 0 Å². The molecule has 29 heavy (non-hydrogen) atoms. The van der Waals surface area contributed by atoms with Gasteiger partial charge in [-0.15, -0.1) is 0 Å². The number of hydrogen-bond donors (Lipinski definition) is 1. The maximum Gasteiger partial charge on any atom is 0.236 e. The molecule has 6 heteroatoms. The summed E-state index contributed by atoms with van der Waals surface area (Å²) in [7, 11) is 0. The molecule has 6 nitrogen and oxygen atoms in total. The van der Waals surface area contributed by atoms with Gasteiger partial charge in [0.25, 0.3) is 0 Å². The highest BCUT2D eigenvalue weighted by Gasteiger charge is 2.25. The Labute approximate surface area is 174 Å². The maximum atomic E-state index is 12.6. The molecule has 2 saturated heterocycles. The van der Waals surface area contributed by atoms with Crippen molar-refractivity contribution in [2.45, 2.75) is 44.6 Å². The second-order valence-corrected chi connectivity index (χ2v) is 8.70. The van der Waals surface area contributed by atoms with E-state index in [1.807, 2.05) is 4.90 Å². The molecule has 0 aromatic heterocycles. The van der Waals surface area contributed by atoms with Gasteiger partial charge in [0.2, 0.25) is 11.8 Å². The van der Waals surface area contributed by atoms with Crippen LogP contribution >= 0.6 is 0 Å². The summed E-state index contributed by atoms with van der Waals surface area (Å²) in [5.41, 5.74) is 2.66. The summed E-state index contributed by atoms with van der Waals surface area (Å²) < 4.78 is 0. The predicted molar refractivity (Wildman–Crippen MR) is 114 cm³/mol. The Morgan fingerprint density at radius 1 is 0.862 bits per heavy atom. The Morgan fingerprint density at radius 3 is 2.31 bits per heavy atom. The Kier molecular flexibility index (Phi) is 6.82. The lowest BCUT2D eigenvalue weighted by molar-refractivity contribution is -0.134. The van der Waals surface area contributed by atoms with Gasteiger partial charge < -0.3 is 10.2 Å². The lowest BCUT2D eigenvalue weighted by atomic mass is 9.88. The fourth-order valence-electron chi connectivity index (χ4n) is 4.89. The predicted octanol–water partition coefficient (Wildman–Crippen LogP) is 1.81. The monoisotopic (exact) mass is 398 g/mol. The highest BCUT2D eigenvalue weighted by Crippen LogP contribution is 2.29. The number of rotatable bonds is 5. The average Bonchev–Trinajstić information content (AvgIpc) is 2.76. The van der Waals surface area contributed by atoms with Crippen molar-refractivity contribution in [3.8, 4) is 0 Å². The first-order valence-electron chi connectivity index (χ1n) is 11.3. The zero-order valence-electron chi connectivity index (χ0n) is 17.4. The van der Waals surface area contributed by atoms with Gasteiger partial charge in [-0.2, -0.15) is 0 Å².